The van der Waals surface area contributed by atoms with Crippen LogP contribution in [0.3, 0.4) is 0 Å². The third kappa shape index (κ3) is 3.32. The maximum absolute atomic E-state index is 5.57. The Kier molecular flexibility index (Phi) is 4.22. The lowest BCUT2D eigenvalue weighted by molar-refractivity contribution is 0.539. The zero-order valence-electron chi connectivity index (χ0n) is 9.35. The first-order valence-corrected chi connectivity index (χ1v) is 6.79. The van der Waals surface area contributed by atoms with Gasteiger partial charge in [0.15, 0.2) is 0 Å². The number of thiophene rings is 1. The number of aryl methyl sites for hydroxylation is 1. The standard InChI is InChI=1S/C11H13BrN4S/c1-7-5-15-10(6-14-7)9(16-13)4-8-2-3-11(12)17-8/h2-3,5-6,9,16H,4,13H2,1H3. The summed E-state index contributed by atoms with van der Waals surface area (Å²) in [5, 5.41) is 0. The molecule has 0 fully saturated rings. The van der Waals surface area contributed by atoms with Crippen LogP contribution in [-0.2, 0) is 6.42 Å². The molecule has 1 unspecified atom stereocenters. The van der Waals surface area contributed by atoms with Crippen molar-refractivity contribution < 1.29 is 0 Å². The van der Waals surface area contributed by atoms with Gasteiger partial charge < -0.3 is 0 Å². The predicted octanol–water partition coefficient (Wildman–Crippen LogP) is 2.36. The number of rotatable bonds is 4. The summed E-state index contributed by atoms with van der Waals surface area (Å²) in [4.78, 5) is 9.82. The minimum Gasteiger partial charge on any atom is -0.271 e. The molecule has 0 saturated heterocycles. The van der Waals surface area contributed by atoms with Gasteiger partial charge in [-0.3, -0.25) is 21.2 Å². The molecule has 4 nitrogen and oxygen atoms in total. The smallest absolute Gasteiger partial charge is 0.0773 e. The van der Waals surface area contributed by atoms with Crippen molar-refractivity contribution in [1.29, 1.82) is 0 Å². The molecule has 90 valence electrons. The third-order valence-corrected chi connectivity index (χ3v) is 4.04. The van der Waals surface area contributed by atoms with Crippen molar-refractivity contribution in [3.8, 4) is 0 Å². The van der Waals surface area contributed by atoms with Gasteiger partial charge in [0.25, 0.3) is 0 Å². The molecule has 0 saturated carbocycles. The molecule has 0 amide bonds. The molecular formula is C11H13BrN4S. The van der Waals surface area contributed by atoms with Crippen molar-refractivity contribution in [2.75, 3.05) is 0 Å². The number of nitrogens with zero attached hydrogens (tertiary/aromatic N) is 2. The van der Waals surface area contributed by atoms with Crippen LogP contribution < -0.4 is 11.3 Å². The summed E-state index contributed by atoms with van der Waals surface area (Å²) in [5.41, 5.74) is 4.55. The number of hydrogen-bond acceptors (Lipinski definition) is 5. The lowest BCUT2D eigenvalue weighted by Gasteiger charge is -2.13. The Morgan fingerprint density at radius 3 is 2.76 bits per heavy atom. The molecule has 0 aliphatic rings. The van der Waals surface area contributed by atoms with Gasteiger partial charge in [0.2, 0.25) is 0 Å². The van der Waals surface area contributed by atoms with Gasteiger partial charge >= 0.3 is 0 Å². The van der Waals surface area contributed by atoms with Crippen molar-refractivity contribution in [1.82, 2.24) is 15.4 Å². The molecule has 2 aromatic heterocycles. The van der Waals surface area contributed by atoms with Gasteiger partial charge in [-0.15, -0.1) is 11.3 Å². The van der Waals surface area contributed by atoms with Crippen molar-refractivity contribution in [2.24, 2.45) is 5.84 Å². The molecular weight excluding hydrogens is 300 g/mol. The van der Waals surface area contributed by atoms with Gasteiger partial charge in [0.05, 0.1) is 27.4 Å². The molecule has 2 aromatic rings. The van der Waals surface area contributed by atoms with E-state index in [4.69, 9.17) is 5.84 Å². The number of aromatic nitrogens is 2. The summed E-state index contributed by atoms with van der Waals surface area (Å²) >= 11 is 5.15. The highest BCUT2D eigenvalue weighted by molar-refractivity contribution is 9.11. The molecule has 0 spiro atoms. The van der Waals surface area contributed by atoms with Crippen LogP contribution in [0.25, 0.3) is 0 Å². The summed E-state index contributed by atoms with van der Waals surface area (Å²) in [6.45, 7) is 1.91. The van der Waals surface area contributed by atoms with E-state index in [1.807, 2.05) is 13.0 Å². The van der Waals surface area contributed by atoms with E-state index >= 15 is 0 Å². The van der Waals surface area contributed by atoms with E-state index in [0.717, 1.165) is 21.6 Å². The number of nitrogens with one attached hydrogen (secondary N) is 1. The summed E-state index contributed by atoms with van der Waals surface area (Å²) < 4.78 is 1.12. The lowest BCUT2D eigenvalue weighted by Crippen LogP contribution is -2.30. The average molecular weight is 313 g/mol. The molecule has 0 radical (unpaired) electrons. The zero-order valence-corrected chi connectivity index (χ0v) is 11.8. The first-order chi connectivity index (χ1) is 8.19. The van der Waals surface area contributed by atoms with E-state index in [1.54, 1.807) is 23.7 Å². The van der Waals surface area contributed by atoms with Crippen LogP contribution >= 0.6 is 27.3 Å². The quantitative estimate of drug-likeness (QED) is 0.672. The summed E-state index contributed by atoms with van der Waals surface area (Å²) in [6.07, 6.45) is 4.33. The fourth-order valence-corrected chi connectivity index (χ4v) is 3.02. The van der Waals surface area contributed by atoms with Crippen LogP contribution in [0.5, 0.6) is 0 Å². The maximum Gasteiger partial charge on any atom is 0.0773 e. The van der Waals surface area contributed by atoms with E-state index in [1.165, 1.54) is 4.88 Å². The third-order valence-electron chi connectivity index (χ3n) is 2.39. The molecule has 6 heteroatoms. The van der Waals surface area contributed by atoms with E-state index in [2.05, 4.69) is 37.4 Å². The predicted molar refractivity (Wildman–Crippen MR) is 72.6 cm³/mol. The fourth-order valence-electron chi connectivity index (χ4n) is 1.49. The summed E-state index contributed by atoms with van der Waals surface area (Å²) in [7, 11) is 0. The van der Waals surface area contributed by atoms with Crippen LogP contribution in [0.15, 0.2) is 28.3 Å². The lowest BCUT2D eigenvalue weighted by atomic mass is 10.1. The Hall–Kier alpha value is -0.820. The van der Waals surface area contributed by atoms with E-state index in [0.29, 0.717) is 0 Å². The number of halogens is 1. The van der Waals surface area contributed by atoms with Crippen molar-refractivity contribution in [2.45, 2.75) is 19.4 Å². The molecule has 3 N–H and O–H groups in total. The fraction of sp³-hybridized carbons (Fsp3) is 0.273. The highest BCUT2D eigenvalue weighted by Crippen LogP contribution is 2.25. The number of hydrazine groups is 1. The second kappa shape index (κ2) is 5.68. The highest BCUT2D eigenvalue weighted by atomic mass is 79.9. The van der Waals surface area contributed by atoms with E-state index in [-0.39, 0.29) is 6.04 Å². The van der Waals surface area contributed by atoms with Gasteiger partial charge in [0.1, 0.15) is 0 Å². The highest BCUT2D eigenvalue weighted by Gasteiger charge is 2.13. The molecule has 0 aliphatic carbocycles. The normalized spacial score (nSPS) is 12.6. The Morgan fingerprint density at radius 1 is 1.41 bits per heavy atom. The minimum atomic E-state index is -0.00588. The van der Waals surface area contributed by atoms with Crippen LogP contribution in [0.1, 0.15) is 22.3 Å². The molecule has 0 bridgehead atoms. The van der Waals surface area contributed by atoms with Crippen molar-refractivity contribution in [3.05, 3.63) is 44.6 Å². The average Bonchev–Trinajstić information content (AvgIpc) is 2.73. The number of hydrogen-bond donors (Lipinski definition) is 2. The van der Waals surface area contributed by atoms with Crippen LogP contribution in [0.2, 0.25) is 0 Å². The van der Waals surface area contributed by atoms with Gasteiger partial charge in [-0.05, 0) is 35.0 Å². The van der Waals surface area contributed by atoms with Gasteiger partial charge in [-0.25, -0.2) is 0 Å². The Bertz CT molecular complexity index is 482. The van der Waals surface area contributed by atoms with Gasteiger partial charge in [-0.2, -0.15) is 0 Å². The summed E-state index contributed by atoms with van der Waals surface area (Å²) in [6, 6.07) is 4.11. The number of nitrogens with two attached hydrogens (primary N) is 1. The monoisotopic (exact) mass is 312 g/mol. The SMILES string of the molecule is Cc1cnc(C(Cc2ccc(Br)s2)NN)cn1. The van der Waals surface area contributed by atoms with Crippen LogP contribution in [0.4, 0.5) is 0 Å². The molecule has 0 aliphatic heterocycles. The topological polar surface area (TPSA) is 63.8 Å². The van der Waals surface area contributed by atoms with Crippen LogP contribution in [0, 0.1) is 6.92 Å². The molecule has 1 atom stereocenters. The van der Waals surface area contributed by atoms with E-state index < -0.39 is 0 Å². The zero-order chi connectivity index (χ0) is 12.3. The molecule has 17 heavy (non-hydrogen) atoms. The van der Waals surface area contributed by atoms with Crippen molar-refractivity contribution in [3.63, 3.8) is 0 Å². The first-order valence-electron chi connectivity index (χ1n) is 5.18. The molecule has 2 rings (SSSR count). The second-order valence-electron chi connectivity index (χ2n) is 3.71. The van der Waals surface area contributed by atoms with Crippen molar-refractivity contribution >= 4 is 27.3 Å². The maximum atomic E-state index is 5.57. The Labute approximate surface area is 112 Å². The van der Waals surface area contributed by atoms with Crippen LogP contribution in [-0.4, -0.2) is 9.97 Å². The Balaban J connectivity index is 2.13. The Morgan fingerprint density at radius 2 is 2.24 bits per heavy atom. The van der Waals surface area contributed by atoms with Gasteiger partial charge in [0, 0.05) is 17.5 Å². The largest absolute Gasteiger partial charge is 0.271 e. The van der Waals surface area contributed by atoms with E-state index in [9.17, 15) is 0 Å². The molecule has 0 aromatic carbocycles. The second-order valence-corrected chi connectivity index (χ2v) is 6.26. The molecule has 2 heterocycles. The summed E-state index contributed by atoms with van der Waals surface area (Å²) in [5.74, 6) is 5.57. The van der Waals surface area contributed by atoms with Gasteiger partial charge in [-0.1, -0.05) is 0 Å². The first kappa shape index (κ1) is 12.6. The minimum absolute atomic E-state index is 0.00588.